The maximum atomic E-state index is 12.8. The molecule has 2 aromatic rings. The highest BCUT2D eigenvalue weighted by Crippen LogP contribution is 2.25. The molecule has 156 valence electrons. The van der Waals surface area contributed by atoms with E-state index in [1.165, 1.54) is 5.01 Å². The van der Waals surface area contributed by atoms with E-state index in [9.17, 15) is 9.59 Å². The molecule has 0 aromatic heterocycles. The number of nitrogens with zero attached hydrogens (tertiary/aromatic N) is 3. The van der Waals surface area contributed by atoms with E-state index >= 15 is 0 Å². The van der Waals surface area contributed by atoms with Crippen LogP contribution in [0.5, 0.6) is 0 Å². The highest BCUT2D eigenvalue weighted by molar-refractivity contribution is 7.99. The van der Waals surface area contributed by atoms with E-state index in [1.54, 1.807) is 0 Å². The molecule has 0 bridgehead atoms. The lowest BCUT2D eigenvalue weighted by Gasteiger charge is -2.26. The lowest BCUT2D eigenvalue weighted by Crippen LogP contribution is -2.39. The third-order valence-electron chi connectivity index (χ3n) is 5.22. The van der Waals surface area contributed by atoms with Crippen LogP contribution in [-0.4, -0.2) is 53.1 Å². The molecule has 1 unspecified atom stereocenters. The summed E-state index contributed by atoms with van der Waals surface area (Å²) in [5, 5.41) is 8.85. The van der Waals surface area contributed by atoms with E-state index in [1.807, 2.05) is 60.3 Å². The van der Waals surface area contributed by atoms with Crippen LogP contribution in [0.25, 0.3) is 0 Å². The highest BCUT2D eigenvalue weighted by Gasteiger charge is 2.34. The molecule has 2 aliphatic rings. The van der Waals surface area contributed by atoms with Gasteiger partial charge >= 0.3 is 0 Å². The second-order valence-corrected chi connectivity index (χ2v) is 8.62. The molecule has 1 saturated heterocycles. The van der Waals surface area contributed by atoms with Gasteiger partial charge in [-0.05, 0) is 29.8 Å². The van der Waals surface area contributed by atoms with Crippen LogP contribution in [0.3, 0.4) is 0 Å². The summed E-state index contributed by atoms with van der Waals surface area (Å²) in [5.74, 6) is 1.50. The molecule has 3 N–H and O–H groups in total. The molecule has 0 saturated carbocycles. The third-order valence-corrected chi connectivity index (χ3v) is 6.16. The number of para-hydroxylation sites is 1. The van der Waals surface area contributed by atoms with Gasteiger partial charge in [0.1, 0.15) is 11.8 Å². The number of carbonyl (C=O) groups excluding carboxylic acids is 2. The SMILES string of the molecule is NC(=O)C1CC(C(=O)Nc2cccc(CN3CCSCC3)c2)=NN1c1ccccc1. The van der Waals surface area contributed by atoms with Crippen LogP contribution in [0, 0.1) is 0 Å². The lowest BCUT2D eigenvalue weighted by molar-refractivity contribution is -0.119. The van der Waals surface area contributed by atoms with Crippen LogP contribution in [0.2, 0.25) is 0 Å². The Morgan fingerprint density at radius 2 is 1.87 bits per heavy atom. The molecular weight excluding hydrogens is 398 g/mol. The summed E-state index contributed by atoms with van der Waals surface area (Å²) >= 11 is 1.99. The van der Waals surface area contributed by atoms with Crippen LogP contribution in [0.1, 0.15) is 12.0 Å². The standard InChI is InChI=1S/C22H25N5O2S/c23-21(28)20-14-19(25-27(20)18-7-2-1-3-8-18)22(29)24-17-6-4-5-16(13-17)15-26-9-11-30-12-10-26/h1-8,13,20H,9-12,14-15H2,(H2,23,28)(H,24,29). The molecule has 8 heteroatoms. The van der Waals surface area contributed by atoms with Crippen molar-refractivity contribution in [3.05, 3.63) is 60.2 Å². The van der Waals surface area contributed by atoms with E-state index in [4.69, 9.17) is 5.73 Å². The lowest BCUT2D eigenvalue weighted by atomic mass is 10.1. The first-order valence-corrected chi connectivity index (χ1v) is 11.2. The molecule has 0 aliphatic carbocycles. The van der Waals surface area contributed by atoms with E-state index in [0.717, 1.165) is 48.1 Å². The quantitative estimate of drug-likeness (QED) is 0.744. The van der Waals surface area contributed by atoms with Crippen molar-refractivity contribution in [1.29, 1.82) is 0 Å². The number of rotatable bonds is 6. The predicted molar refractivity (Wildman–Crippen MR) is 122 cm³/mol. The van der Waals surface area contributed by atoms with Gasteiger partial charge in [-0.2, -0.15) is 16.9 Å². The van der Waals surface area contributed by atoms with Crippen molar-refractivity contribution in [2.24, 2.45) is 10.8 Å². The van der Waals surface area contributed by atoms with Crippen molar-refractivity contribution in [3.63, 3.8) is 0 Å². The summed E-state index contributed by atoms with van der Waals surface area (Å²) in [6.07, 6.45) is 0.182. The zero-order chi connectivity index (χ0) is 20.9. The van der Waals surface area contributed by atoms with Crippen molar-refractivity contribution in [1.82, 2.24) is 4.90 Å². The number of nitrogens with two attached hydrogens (primary N) is 1. The molecule has 1 fully saturated rings. The fourth-order valence-electron chi connectivity index (χ4n) is 3.66. The Morgan fingerprint density at radius 1 is 1.10 bits per heavy atom. The Bertz CT molecular complexity index is 944. The van der Waals surface area contributed by atoms with Crippen LogP contribution in [0.4, 0.5) is 11.4 Å². The first-order chi connectivity index (χ1) is 14.6. The molecule has 2 aliphatic heterocycles. The predicted octanol–water partition coefficient (Wildman–Crippen LogP) is 2.29. The summed E-state index contributed by atoms with van der Waals surface area (Å²) in [4.78, 5) is 27.2. The maximum absolute atomic E-state index is 12.8. The van der Waals surface area contributed by atoms with E-state index in [2.05, 4.69) is 21.4 Å². The smallest absolute Gasteiger partial charge is 0.271 e. The second kappa shape index (κ2) is 9.32. The molecule has 4 rings (SSSR count). The highest BCUT2D eigenvalue weighted by atomic mass is 32.2. The molecule has 0 radical (unpaired) electrons. The van der Waals surface area contributed by atoms with Crippen molar-refractivity contribution in [3.8, 4) is 0 Å². The minimum Gasteiger partial charge on any atom is -0.368 e. The van der Waals surface area contributed by atoms with Gasteiger partial charge in [0.25, 0.3) is 5.91 Å². The number of primary amides is 1. The summed E-state index contributed by atoms with van der Waals surface area (Å²) in [6, 6.07) is 16.5. The van der Waals surface area contributed by atoms with Crippen LogP contribution >= 0.6 is 11.8 Å². The maximum Gasteiger partial charge on any atom is 0.271 e. The number of thioether (sulfide) groups is 1. The van der Waals surface area contributed by atoms with Gasteiger partial charge in [0, 0.05) is 43.2 Å². The Kier molecular flexibility index (Phi) is 6.35. The average Bonchev–Trinajstić information content (AvgIpc) is 3.22. The second-order valence-electron chi connectivity index (χ2n) is 7.39. The Balaban J connectivity index is 1.45. The molecule has 2 aromatic carbocycles. The Labute approximate surface area is 180 Å². The van der Waals surface area contributed by atoms with E-state index in [0.29, 0.717) is 5.71 Å². The summed E-state index contributed by atoms with van der Waals surface area (Å²) in [6.45, 7) is 3.04. The Morgan fingerprint density at radius 3 is 2.60 bits per heavy atom. The fraction of sp³-hybridized carbons (Fsp3) is 0.318. The van der Waals surface area contributed by atoms with Gasteiger partial charge in [-0.3, -0.25) is 19.5 Å². The summed E-state index contributed by atoms with van der Waals surface area (Å²) < 4.78 is 0. The van der Waals surface area contributed by atoms with E-state index in [-0.39, 0.29) is 12.3 Å². The monoisotopic (exact) mass is 423 g/mol. The van der Waals surface area contributed by atoms with E-state index < -0.39 is 11.9 Å². The van der Waals surface area contributed by atoms with Crippen molar-refractivity contribution in [2.75, 3.05) is 34.9 Å². The zero-order valence-corrected chi connectivity index (χ0v) is 17.5. The van der Waals surface area contributed by atoms with Crippen LogP contribution < -0.4 is 16.1 Å². The molecule has 1 atom stereocenters. The Hall–Kier alpha value is -2.84. The van der Waals surface area contributed by atoms with Gasteiger partial charge in [-0.25, -0.2) is 0 Å². The molecule has 2 heterocycles. The summed E-state index contributed by atoms with van der Waals surface area (Å²) in [7, 11) is 0. The average molecular weight is 424 g/mol. The van der Waals surface area contributed by atoms with Crippen molar-refractivity contribution in [2.45, 2.75) is 19.0 Å². The largest absolute Gasteiger partial charge is 0.368 e. The van der Waals surface area contributed by atoms with Gasteiger partial charge in [0.2, 0.25) is 5.91 Å². The first kappa shape index (κ1) is 20.4. The third kappa shape index (κ3) is 4.83. The molecule has 30 heavy (non-hydrogen) atoms. The fourth-order valence-corrected chi connectivity index (χ4v) is 4.63. The zero-order valence-electron chi connectivity index (χ0n) is 16.7. The van der Waals surface area contributed by atoms with Crippen molar-refractivity contribution < 1.29 is 9.59 Å². The number of hydrogen-bond donors (Lipinski definition) is 2. The van der Waals surface area contributed by atoms with Gasteiger partial charge in [0.05, 0.1) is 5.69 Å². The minimum absolute atomic E-state index is 0.182. The molecule has 2 amide bonds. The number of nitrogens with one attached hydrogen (secondary N) is 1. The van der Waals surface area contributed by atoms with Crippen LogP contribution in [-0.2, 0) is 16.1 Å². The van der Waals surface area contributed by atoms with Gasteiger partial charge in [-0.15, -0.1) is 0 Å². The molecule has 0 spiro atoms. The van der Waals surface area contributed by atoms with Crippen LogP contribution in [0.15, 0.2) is 59.7 Å². The molecular formula is C22H25N5O2S. The van der Waals surface area contributed by atoms with Gasteiger partial charge < -0.3 is 11.1 Å². The number of hydrogen-bond acceptors (Lipinski definition) is 6. The normalized spacial score (nSPS) is 19.4. The number of anilines is 2. The topological polar surface area (TPSA) is 91.0 Å². The number of hydrazone groups is 1. The number of benzene rings is 2. The minimum atomic E-state index is -0.670. The summed E-state index contributed by atoms with van der Waals surface area (Å²) in [5.41, 5.74) is 8.46. The first-order valence-electron chi connectivity index (χ1n) is 10.0. The number of carbonyl (C=O) groups is 2. The van der Waals surface area contributed by atoms with Gasteiger partial charge in [-0.1, -0.05) is 30.3 Å². The van der Waals surface area contributed by atoms with Crippen molar-refractivity contribution >= 4 is 40.7 Å². The van der Waals surface area contributed by atoms with Gasteiger partial charge in [0.15, 0.2) is 0 Å². The molecule has 7 nitrogen and oxygen atoms in total. The number of amides is 2.